The van der Waals surface area contributed by atoms with Crippen molar-refractivity contribution in [3.8, 4) is 11.5 Å². The van der Waals surface area contributed by atoms with E-state index in [1.807, 2.05) is 0 Å². The second-order valence-electron chi connectivity index (χ2n) is 10.7. The first-order chi connectivity index (χ1) is 20.0. The van der Waals surface area contributed by atoms with Crippen molar-refractivity contribution in [2.24, 2.45) is 0 Å². The predicted molar refractivity (Wildman–Crippen MR) is 152 cm³/mol. The summed E-state index contributed by atoms with van der Waals surface area (Å²) in [4.78, 5) is 24.0. The number of aromatic amines is 1. The Morgan fingerprint density at radius 1 is 1.14 bits per heavy atom. The number of nitrogens with one attached hydrogen (secondary N) is 3. The number of likely N-dealkylation sites (N-methyl/N-ethyl adjacent to an activating group) is 1. The third-order valence-electron chi connectivity index (χ3n) is 7.88. The molecule has 1 saturated heterocycles. The van der Waals surface area contributed by atoms with E-state index in [-0.39, 0.29) is 34.8 Å². The van der Waals surface area contributed by atoms with Gasteiger partial charge in [0.15, 0.2) is 0 Å². The molecule has 1 aliphatic heterocycles. The topological polar surface area (TPSA) is 85.5 Å². The van der Waals surface area contributed by atoms with Gasteiger partial charge in [0.1, 0.15) is 23.0 Å². The number of benzene rings is 2. The fourth-order valence-corrected chi connectivity index (χ4v) is 5.64. The average molecular weight is 603 g/mol. The van der Waals surface area contributed by atoms with Gasteiger partial charge in [0.05, 0.1) is 21.7 Å². The van der Waals surface area contributed by atoms with Crippen molar-refractivity contribution in [1.82, 2.24) is 19.8 Å². The Bertz CT molecular complexity index is 1660. The van der Waals surface area contributed by atoms with E-state index < -0.39 is 23.6 Å². The quantitative estimate of drug-likeness (QED) is 0.205. The zero-order valence-corrected chi connectivity index (χ0v) is 23.2. The van der Waals surface area contributed by atoms with Crippen LogP contribution in [0.2, 0.25) is 5.02 Å². The molecule has 2 aliphatic rings. The molecule has 4 aromatic rings. The third-order valence-corrected chi connectivity index (χ3v) is 8.18. The molecule has 13 heteroatoms. The monoisotopic (exact) mass is 602 g/mol. The lowest BCUT2D eigenvalue weighted by molar-refractivity contribution is -0.138. The SMILES string of the molecule is CN1CCN(Cc2ccc(NC(=O)Nc3ccc(Oc4ccnc5[nH]cc(Cl)c45)cc3F)cc2C(F)(F)F)CC12CC2. The highest BCUT2D eigenvalue weighted by atomic mass is 35.5. The van der Waals surface area contributed by atoms with Crippen LogP contribution in [-0.2, 0) is 12.7 Å². The number of fused-ring (bicyclic) bond motifs is 1. The van der Waals surface area contributed by atoms with Crippen LogP contribution in [0.25, 0.3) is 11.0 Å². The zero-order chi connectivity index (χ0) is 29.6. The van der Waals surface area contributed by atoms with E-state index in [9.17, 15) is 22.4 Å². The van der Waals surface area contributed by atoms with Crippen LogP contribution < -0.4 is 15.4 Å². The average Bonchev–Trinajstić information content (AvgIpc) is 3.60. The lowest BCUT2D eigenvalue weighted by Crippen LogP contribution is -2.52. The van der Waals surface area contributed by atoms with E-state index >= 15 is 0 Å². The van der Waals surface area contributed by atoms with Crippen molar-refractivity contribution in [2.45, 2.75) is 31.1 Å². The van der Waals surface area contributed by atoms with Crippen LogP contribution in [0.4, 0.5) is 33.7 Å². The van der Waals surface area contributed by atoms with Crippen LogP contribution in [0, 0.1) is 5.82 Å². The Kier molecular flexibility index (Phi) is 7.24. The number of amides is 2. The van der Waals surface area contributed by atoms with Crippen molar-refractivity contribution in [1.29, 1.82) is 0 Å². The van der Waals surface area contributed by atoms with E-state index in [1.54, 1.807) is 12.3 Å². The van der Waals surface area contributed by atoms with Crippen molar-refractivity contribution in [2.75, 3.05) is 37.3 Å². The van der Waals surface area contributed by atoms with E-state index in [2.05, 4.69) is 37.4 Å². The second-order valence-corrected chi connectivity index (χ2v) is 11.1. The number of hydrogen-bond donors (Lipinski definition) is 3. The highest BCUT2D eigenvalue weighted by Crippen LogP contribution is 2.44. The van der Waals surface area contributed by atoms with Crippen LogP contribution in [0.1, 0.15) is 24.0 Å². The van der Waals surface area contributed by atoms with Gasteiger partial charge in [0.2, 0.25) is 0 Å². The maximum Gasteiger partial charge on any atom is 0.416 e. The molecule has 220 valence electrons. The minimum Gasteiger partial charge on any atom is -0.456 e. The number of carbonyl (C=O) groups is 1. The summed E-state index contributed by atoms with van der Waals surface area (Å²) in [5.74, 6) is -0.311. The predicted octanol–water partition coefficient (Wildman–Crippen LogP) is 7.09. The number of hydrogen-bond acceptors (Lipinski definition) is 5. The number of pyridine rings is 1. The summed E-state index contributed by atoms with van der Waals surface area (Å²) >= 11 is 6.18. The lowest BCUT2D eigenvalue weighted by Gasteiger charge is -2.40. The molecule has 0 bridgehead atoms. The molecule has 0 atom stereocenters. The molecule has 0 unspecified atom stereocenters. The molecule has 3 N–H and O–H groups in total. The number of nitrogens with zero attached hydrogens (tertiary/aromatic N) is 3. The number of ether oxygens (including phenoxy) is 1. The number of halogens is 5. The summed E-state index contributed by atoms with van der Waals surface area (Å²) in [7, 11) is 2.06. The van der Waals surface area contributed by atoms with Gasteiger partial charge in [-0.05, 0) is 55.8 Å². The molecule has 1 saturated carbocycles. The van der Waals surface area contributed by atoms with Gasteiger partial charge in [-0.2, -0.15) is 13.2 Å². The molecule has 6 rings (SSSR count). The minimum atomic E-state index is -4.61. The lowest BCUT2D eigenvalue weighted by atomic mass is 10.0. The van der Waals surface area contributed by atoms with Crippen molar-refractivity contribution in [3.63, 3.8) is 0 Å². The van der Waals surface area contributed by atoms with Gasteiger partial charge in [0.25, 0.3) is 0 Å². The molecular weight excluding hydrogens is 576 g/mol. The van der Waals surface area contributed by atoms with Crippen LogP contribution in [-0.4, -0.2) is 58.0 Å². The van der Waals surface area contributed by atoms with Crippen molar-refractivity contribution < 1.29 is 27.1 Å². The van der Waals surface area contributed by atoms with E-state index in [0.29, 0.717) is 28.4 Å². The van der Waals surface area contributed by atoms with Gasteiger partial charge in [-0.3, -0.25) is 9.80 Å². The van der Waals surface area contributed by atoms with Crippen LogP contribution >= 0.6 is 11.6 Å². The summed E-state index contributed by atoms with van der Waals surface area (Å²) in [6.07, 6.45) is 0.558. The number of carbonyl (C=O) groups excluding carboxylic acids is 1. The Hall–Kier alpha value is -3.87. The molecule has 8 nitrogen and oxygen atoms in total. The Labute approximate surface area is 243 Å². The number of anilines is 2. The van der Waals surface area contributed by atoms with E-state index in [1.165, 1.54) is 30.5 Å². The Morgan fingerprint density at radius 2 is 1.95 bits per heavy atom. The zero-order valence-electron chi connectivity index (χ0n) is 22.5. The number of rotatable bonds is 6. The molecule has 2 aromatic heterocycles. The van der Waals surface area contributed by atoms with E-state index in [0.717, 1.165) is 38.1 Å². The van der Waals surface area contributed by atoms with Crippen molar-refractivity contribution in [3.05, 3.63) is 76.8 Å². The fourth-order valence-electron chi connectivity index (χ4n) is 5.41. The smallest absolute Gasteiger partial charge is 0.416 e. The molecule has 2 aromatic carbocycles. The van der Waals surface area contributed by atoms with E-state index in [4.69, 9.17) is 16.3 Å². The van der Waals surface area contributed by atoms with Crippen molar-refractivity contribution >= 4 is 40.0 Å². The Balaban J connectivity index is 1.12. The maximum absolute atomic E-state index is 14.8. The molecule has 0 radical (unpaired) electrons. The van der Waals surface area contributed by atoms with Gasteiger partial charge in [-0.25, -0.2) is 14.2 Å². The summed E-state index contributed by atoms with van der Waals surface area (Å²) < 4.78 is 62.6. The molecular formula is C29H27ClF4N6O2. The molecule has 1 spiro atoms. The Morgan fingerprint density at radius 3 is 2.69 bits per heavy atom. The summed E-state index contributed by atoms with van der Waals surface area (Å²) in [6, 6.07) is 8.19. The molecule has 2 fully saturated rings. The van der Waals surface area contributed by atoms with Gasteiger partial charge in [-0.1, -0.05) is 17.7 Å². The highest BCUT2D eigenvalue weighted by Gasteiger charge is 2.49. The molecule has 42 heavy (non-hydrogen) atoms. The standard InChI is InChI=1S/C29H27ClF4N6O2/c1-39-10-11-40(16-28(39)7-8-28)15-17-2-3-18(12-20(17)29(32,33)34)37-27(41)38-23-5-4-19(13-22(23)31)42-24-6-9-35-26-25(24)21(30)14-36-26/h2-6,9,12-14H,7-8,10-11,15-16H2,1H3,(H,35,36)(H2,37,38,41). The first kappa shape index (κ1) is 28.3. The summed E-state index contributed by atoms with van der Waals surface area (Å²) in [5, 5.41) is 5.62. The highest BCUT2D eigenvalue weighted by molar-refractivity contribution is 6.36. The normalized spacial score (nSPS) is 17.0. The van der Waals surface area contributed by atoms with Crippen LogP contribution in [0.15, 0.2) is 54.9 Å². The molecule has 2 amide bonds. The minimum absolute atomic E-state index is 0.0638. The summed E-state index contributed by atoms with van der Waals surface area (Å²) in [5.41, 5.74) is -0.340. The maximum atomic E-state index is 14.8. The number of alkyl halides is 3. The van der Waals surface area contributed by atoms with Crippen LogP contribution in [0.3, 0.4) is 0 Å². The summed E-state index contributed by atoms with van der Waals surface area (Å²) in [6.45, 7) is 2.38. The number of urea groups is 1. The van der Waals surface area contributed by atoms with Gasteiger partial charge < -0.3 is 20.4 Å². The van der Waals surface area contributed by atoms with Crippen LogP contribution in [0.5, 0.6) is 11.5 Å². The number of piperazine rings is 1. The largest absolute Gasteiger partial charge is 0.456 e. The third kappa shape index (κ3) is 5.74. The first-order valence-electron chi connectivity index (χ1n) is 13.3. The number of H-pyrrole nitrogens is 1. The molecule has 3 heterocycles. The molecule has 1 aliphatic carbocycles. The fraction of sp³-hybridized carbons (Fsp3) is 0.310. The van der Waals surface area contributed by atoms with Gasteiger partial charge in [0, 0.05) is 55.9 Å². The second kappa shape index (κ2) is 10.8. The first-order valence-corrected chi connectivity index (χ1v) is 13.7. The number of aromatic nitrogens is 2. The van der Waals surface area contributed by atoms with Gasteiger partial charge in [-0.15, -0.1) is 0 Å². The van der Waals surface area contributed by atoms with Gasteiger partial charge >= 0.3 is 12.2 Å².